The quantitative estimate of drug-likeness (QED) is 0.0375. The molecule has 0 bridgehead atoms. The van der Waals surface area contributed by atoms with Crippen LogP contribution < -0.4 is 0 Å². The molecule has 0 radical (unpaired) electrons. The first-order valence-corrected chi connectivity index (χ1v) is 26.1. The molecule has 0 rings (SSSR count). The largest absolute Gasteiger partial charge is 0.462 e. The minimum absolute atomic E-state index is 0.0847. The number of carbonyl (C=O) groups excluding carboxylic acids is 2. The average molecular weight is 885 g/mol. The summed E-state index contributed by atoms with van der Waals surface area (Å²) >= 11 is 0. The van der Waals surface area contributed by atoms with Crippen molar-refractivity contribution >= 4 is 11.9 Å². The number of esters is 2. The summed E-state index contributed by atoms with van der Waals surface area (Å²) in [5, 5.41) is 9.62. The third kappa shape index (κ3) is 50.9. The molecule has 0 aliphatic heterocycles. The smallest absolute Gasteiger partial charge is 0.306 e. The predicted molar refractivity (Wildman–Crippen MR) is 278 cm³/mol. The van der Waals surface area contributed by atoms with Crippen LogP contribution >= 0.6 is 0 Å². The van der Waals surface area contributed by atoms with Gasteiger partial charge < -0.3 is 14.6 Å². The van der Waals surface area contributed by atoms with Crippen LogP contribution in [0.5, 0.6) is 0 Å². The molecule has 0 heterocycles. The number of rotatable bonds is 46. The van der Waals surface area contributed by atoms with Gasteiger partial charge in [-0.05, 0) is 103 Å². The van der Waals surface area contributed by atoms with Gasteiger partial charge in [-0.15, -0.1) is 0 Å². The van der Waals surface area contributed by atoms with Crippen LogP contribution in [-0.4, -0.2) is 36.4 Å². The minimum Gasteiger partial charge on any atom is -0.462 e. The van der Waals surface area contributed by atoms with Crippen molar-refractivity contribution in [2.24, 2.45) is 0 Å². The van der Waals surface area contributed by atoms with Crippen molar-refractivity contribution in [3.8, 4) is 0 Å². The van der Waals surface area contributed by atoms with Crippen LogP contribution in [0.15, 0.2) is 122 Å². The molecule has 0 spiro atoms. The highest BCUT2D eigenvalue weighted by Crippen LogP contribution is 2.15. The first kappa shape index (κ1) is 60.3. The zero-order valence-corrected chi connectivity index (χ0v) is 41.2. The molecule has 5 nitrogen and oxygen atoms in total. The number of unbranched alkanes of at least 4 members (excludes halogenated alkanes) is 18. The van der Waals surface area contributed by atoms with Crippen molar-refractivity contribution in [2.75, 3.05) is 13.2 Å². The van der Waals surface area contributed by atoms with E-state index in [1.165, 1.54) is 77.0 Å². The summed E-state index contributed by atoms with van der Waals surface area (Å²) < 4.78 is 10.7. The average Bonchev–Trinajstić information content (AvgIpc) is 3.30. The van der Waals surface area contributed by atoms with Gasteiger partial charge in [0.25, 0.3) is 0 Å². The Balaban J connectivity index is 3.55. The molecule has 0 aliphatic carbocycles. The third-order valence-electron chi connectivity index (χ3n) is 10.8. The number of aliphatic hydroxyl groups is 1. The van der Waals surface area contributed by atoms with Gasteiger partial charge in [0, 0.05) is 12.8 Å². The molecular formula is C59H96O5. The van der Waals surface area contributed by atoms with E-state index in [0.29, 0.717) is 12.8 Å². The first-order valence-electron chi connectivity index (χ1n) is 26.1. The summed E-state index contributed by atoms with van der Waals surface area (Å²) in [4.78, 5) is 24.4. The minimum atomic E-state index is -0.790. The summed E-state index contributed by atoms with van der Waals surface area (Å²) in [6.07, 6.45) is 78.7. The van der Waals surface area contributed by atoms with Crippen LogP contribution in [0.2, 0.25) is 0 Å². The van der Waals surface area contributed by atoms with E-state index >= 15 is 0 Å². The SMILES string of the molecule is CC/C=C\C/C=C\C/C=C\C/C=C\C/C=C\C/C=C\CCCCCCCCCCCCCCCCC(=O)OC(CO)COC(=O)CCCCCC/C=C\C/C=C\C/C=C\C/C=C\CC. The van der Waals surface area contributed by atoms with Crippen molar-refractivity contribution in [3.05, 3.63) is 122 Å². The molecule has 0 aromatic carbocycles. The maximum atomic E-state index is 12.3. The van der Waals surface area contributed by atoms with Gasteiger partial charge in [-0.25, -0.2) is 0 Å². The molecule has 1 atom stereocenters. The van der Waals surface area contributed by atoms with Crippen molar-refractivity contribution in [3.63, 3.8) is 0 Å². The Morgan fingerprint density at radius 3 is 0.938 bits per heavy atom. The molecule has 0 fully saturated rings. The fourth-order valence-electron chi connectivity index (χ4n) is 6.90. The molecule has 0 aliphatic rings. The van der Waals surface area contributed by atoms with Gasteiger partial charge in [-0.1, -0.05) is 225 Å². The van der Waals surface area contributed by atoms with E-state index in [1.807, 2.05) is 0 Å². The zero-order valence-electron chi connectivity index (χ0n) is 41.2. The van der Waals surface area contributed by atoms with E-state index in [0.717, 1.165) is 116 Å². The fourth-order valence-corrected chi connectivity index (χ4v) is 6.90. The summed E-state index contributed by atoms with van der Waals surface area (Å²) in [7, 11) is 0. The second-order valence-electron chi connectivity index (χ2n) is 16.8. The van der Waals surface area contributed by atoms with Gasteiger partial charge in [0.1, 0.15) is 6.61 Å². The Labute approximate surface area is 394 Å². The topological polar surface area (TPSA) is 72.8 Å². The maximum absolute atomic E-state index is 12.3. The van der Waals surface area contributed by atoms with Crippen molar-refractivity contribution in [1.29, 1.82) is 0 Å². The number of carbonyl (C=O) groups is 2. The lowest BCUT2D eigenvalue weighted by molar-refractivity contribution is -0.161. The molecule has 0 amide bonds. The van der Waals surface area contributed by atoms with Crippen LogP contribution in [0.3, 0.4) is 0 Å². The lowest BCUT2D eigenvalue weighted by Gasteiger charge is -2.15. The highest BCUT2D eigenvalue weighted by Gasteiger charge is 2.16. The summed E-state index contributed by atoms with van der Waals surface area (Å²) in [5.74, 6) is -0.624. The highest BCUT2D eigenvalue weighted by molar-refractivity contribution is 5.70. The van der Waals surface area contributed by atoms with Crippen molar-refractivity contribution in [1.82, 2.24) is 0 Å². The molecule has 0 saturated heterocycles. The molecule has 64 heavy (non-hydrogen) atoms. The first-order chi connectivity index (χ1) is 31.6. The molecular weight excluding hydrogens is 789 g/mol. The Hall–Kier alpha value is -3.70. The van der Waals surface area contributed by atoms with Crippen molar-refractivity contribution in [2.45, 2.75) is 225 Å². The van der Waals surface area contributed by atoms with Gasteiger partial charge >= 0.3 is 11.9 Å². The van der Waals surface area contributed by atoms with Gasteiger partial charge in [0.2, 0.25) is 0 Å². The Morgan fingerprint density at radius 2 is 0.625 bits per heavy atom. The van der Waals surface area contributed by atoms with Crippen LogP contribution in [0.1, 0.15) is 219 Å². The van der Waals surface area contributed by atoms with E-state index in [4.69, 9.17) is 9.47 Å². The van der Waals surface area contributed by atoms with Crippen LogP contribution in [-0.2, 0) is 19.1 Å². The third-order valence-corrected chi connectivity index (χ3v) is 10.8. The van der Waals surface area contributed by atoms with E-state index in [-0.39, 0.29) is 25.2 Å². The van der Waals surface area contributed by atoms with E-state index in [1.54, 1.807) is 0 Å². The van der Waals surface area contributed by atoms with Crippen LogP contribution in [0.25, 0.3) is 0 Å². The molecule has 0 saturated carbocycles. The number of allylic oxidation sites excluding steroid dienone is 20. The summed E-state index contributed by atoms with van der Waals surface area (Å²) in [5.41, 5.74) is 0. The Morgan fingerprint density at radius 1 is 0.359 bits per heavy atom. The molecule has 5 heteroatoms. The Kier molecular flexibility index (Phi) is 50.5. The Bertz CT molecular complexity index is 1320. The zero-order chi connectivity index (χ0) is 46.3. The van der Waals surface area contributed by atoms with E-state index < -0.39 is 6.10 Å². The van der Waals surface area contributed by atoms with Crippen LogP contribution in [0, 0.1) is 0 Å². The molecule has 0 aromatic heterocycles. The molecule has 1 unspecified atom stereocenters. The number of ether oxygens (including phenoxy) is 2. The van der Waals surface area contributed by atoms with Gasteiger partial charge in [-0.2, -0.15) is 0 Å². The molecule has 362 valence electrons. The summed E-state index contributed by atoms with van der Waals surface area (Å²) in [6.45, 7) is 3.89. The lowest BCUT2D eigenvalue weighted by Crippen LogP contribution is -2.28. The summed E-state index contributed by atoms with van der Waals surface area (Å²) in [6, 6.07) is 0. The van der Waals surface area contributed by atoms with Crippen molar-refractivity contribution < 1.29 is 24.2 Å². The van der Waals surface area contributed by atoms with Gasteiger partial charge in [0.15, 0.2) is 6.10 Å². The monoisotopic (exact) mass is 885 g/mol. The lowest BCUT2D eigenvalue weighted by atomic mass is 10.0. The maximum Gasteiger partial charge on any atom is 0.306 e. The fraction of sp³-hybridized carbons (Fsp3) is 0.627. The normalized spacial score (nSPS) is 13.2. The standard InChI is InChI=1S/C59H96O5/c1-3-5-7-9-11-13-15-17-19-21-22-23-24-25-26-27-28-29-30-31-32-33-34-35-36-38-40-42-44-46-48-50-52-54-59(62)64-57(55-60)56-63-58(61)53-51-49-47-45-43-41-39-37-20-18-16-14-12-10-8-6-4-2/h5-8,11-14,17-20,22-23,25-26,28-29,39,41,57,60H,3-4,9-10,15-16,21,24,27,30-38,40,42-56H2,1-2H3/b7-5-,8-6-,13-11-,14-12-,19-17-,20-18-,23-22-,26-25-,29-28-,41-39-. The number of hydrogen-bond acceptors (Lipinski definition) is 5. The van der Waals surface area contributed by atoms with Gasteiger partial charge in [0.05, 0.1) is 6.61 Å². The van der Waals surface area contributed by atoms with Crippen LogP contribution in [0.4, 0.5) is 0 Å². The van der Waals surface area contributed by atoms with E-state index in [9.17, 15) is 14.7 Å². The number of hydrogen-bond donors (Lipinski definition) is 1. The predicted octanol–water partition coefficient (Wildman–Crippen LogP) is 17.5. The molecule has 0 aromatic rings. The molecule has 1 N–H and O–H groups in total. The highest BCUT2D eigenvalue weighted by atomic mass is 16.6. The number of aliphatic hydroxyl groups excluding tert-OH is 1. The second kappa shape index (κ2) is 53.6. The van der Waals surface area contributed by atoms with E-state index in [2.05, 4.69) is 135 Å². The van der Waals surface area contributed by atoms with Gasteiger partial charge in [-0.3, -0.25) is 9.59 Å². The second-order valence-corrected chi connectivity index (χ2v) is 16.8.